The smallest absolute Gasteiger partial charge is 0.241 e. The van der Waals surface area contributed by atoms with Crippen molar-refractivity contribution in [2.75, 3.05) is 25.0 Å². The third-order valence-electron chi connectivity index (χ3n) is 5.44. The molecule has 3 aromatic rings. The number of anilines is 1. The number of nitrogens with zero attached hydrogens (tertiary/aromatic N) is 4. The molecule has 0 unspecified atom stereocenters. The number of hydrogen-bond donors (Lipinski definition) is 1. The number of para-hydroxylation sites is 2. The molecule has 0 atom stereocenters. The van der Waals surface area contributed by atoms with Gasteiger partial charge in [0.2, 0.25) is 10.0 Å². The van der Waals surface area contributed by atoms with Crippen molar-refractivity contribution in [3.8, 4) is 0 Å². The summed E-state index contributed by atoms with van der Waals surface area (Å²) in [6.45, 7) is 3.91. The lowest BCUT2D eigenvalue weighted by atomic mass is 10.0. The zero-order valence-electron chi connectivity index (χ0n) is 16.2. The molecule has 1 aromatic carbocycles. The molecular weight excluding hydrogens is 374 g/mol. The number of fused-ring (bicyclic) bond motifs is 1. The number of benzene rings is 1. The minimum atomic E-state index is -3.45. The number of imidazole rings is 1. The van der Waals surface area contributed by atoms with Gasteiger partial charge in [0, 0.05) is 31.7 Å². The molecule has 0 saturated carbocycles. The van der Waals surface area contributed by atoms with Gasteiger partial charge in [-0.05, 0) is 44.2 Å². The van der Waals surface area contributed by atoms with E-state index in [9.17, 15) is 8.42 Å². The van der Waals surface area contributed by atoms with Gasteiger partial charge >= 0.3 is 0 Å². The van der Waals surface area contributed by atoms with Crippen LogP contribution in [0.15, 0.2) is 47.5 Å². The first kappa shape index (κ1) is 18.9. The van der Waals surface area contributed by atoms with Crippen LogP contribution in [0.1, 0.15) is 31.6 Å². The van der Waals surface area contributed by atoms with Gasteiger partial charge in [0.15, 0.2) is 0 Å². The molecule has 148 valence electrons. The fraction of sp³-hybridized carbons (Fsp3) is 0.400. The first-order chi connectivity index (χ1) is 13.5. The lowest BCUT2D eigenvalue weighted by Gasteiger charge is -2.34. The second kappa shape index (κ2) is 7.52. The zero-order chi connectivity index (χ0) is 19.7. The molecule has 0 bridgehead atoms. The number of aromatic nitrogens is 3. The van der Waals surface area contributed by atoms with E-state index in [-0.39, 0.29) is 4.90 Å². The van der Waals surface area contributed by atoms with E-state index in [1.54, 1.807) is 12.1 Å². The van der Waals surface area contributed by atoms with E-state index in [2.05, 4.69) is 44.3 Å². The fourth-order valence-corrected chi connectivity index (χ4v) is 4.62. The number of hydrogen-bond acceptors (Lipinski definition) is 5. The maximum Gasteiger partial charge on any atom is 0.241 e. The van der Waals surface area contributed by atoms with Crippen molar-refractivity contribution in [1.82, 2.24) is 19.3 Å². The van der Waals surface area contributed by atoms with Crippen LogP contribution in [0, 0.1) is 0 Å². The molecule has 1 fully saturated rings. The molecule has 1 aliphatic rings. The van der Waals surface area contributed by atoms with Gasteiger partial charge in [-0.1, -0.05) is 19.1 Å². The summed E-state index contributed by atoms with van der Waals surface area (Å²) < 4.78 is 28.4. The van der Waals surface area contributed by atoms with E-state index < -0.39 is 10.0 Å². The Bertz CT molecular complexity index is 1070. The summed E-state index contributed by atoms with van der Waals surface area (Å²) in [6, 6.07) is 12.1. The van der Waals surface area contributed by atoms with Crippen molar-refractivity contribution in [1.29, 1.82) is 0 Å². The Labute approximate surface area is 165 Å². The van der Waals surface area contributed by atoms with Crippen LogP contribution in [-0.4, -0.2) is 43.1 Å². The van der Waals surface area contributed by atoms with Crippen molar-refractivity contribution in [2.24, 2.45) is 0 Å². The van der Waals surface area contributed by atoms with Crippen LogP contribution in [0.25, 0.3) is 11.0 Å². The topological polar surface area (TPSA) is 80.1 Å². The number of piperidine rings is 1. The average Bonchev–Trinajstić information content (AvgIpc) is 3.12. The summed E-state index contributed by atoms with van der Waals surface area (Å²) in [5.41, 5.74) is 2.27. The summed E-state index contributed by atoms with van der Waals surface area (Å²) in [7, 11) is -2.05. The quantitative estimate of drug-likeness (QED) is 0.714. The Morgan fingerprint density at radius 2 is 1.89 bits per heavy atom. The molecule has 7 nitrogen and oxygen atoms in total. The Hall–Kier alpha value is -2.45. The predicted octanol–water partition coefficient (Wildman–Crippen LogP) is 2.74. The lowest BCUT2D eigenvalue weighted by molar-refractivity contribution is 0.394. The monoisotopic (exact) mass is 399 g/mol. The molecule has 1 saturated heterocycles. The third kappa shape index (κ3) is 3.38. The molecule has 4 rings (SSSR count). The summed E-state index contributed by atoms with van der Waals surface area (Å²) in [6.07, 6.45) is 4.35. The second-order valence-electron chi connectivity index (χ2n) is 7.02. The first-order valence-electron chi connectivity index (χ1n) is 9.64. The highest BCUT2D eigenvalue weighted by molar-refractivity contribution is 7.89. The van der Waals surface area contributed by atoms with Crippen LogP contribution in [0.4, 0.5) is 5.82 Å². The highest BCUT2D eigenvalue weighted by Crippen LogP contribution is 2.30. The minimum absolute atomic E-state index is 0.186. The highest BCUT2D eigenvalue weighted by atomic mass is 32.2. The standard InChI is InChI=1S/C20H25N5O2S/c1-3-19-23-17-6-4-5-7-18(17)25(19)15-10-12-24(13-11-15)20-9-8-16(14-22-20)28(26,27)21-2/h4-9,14-15,21H,3,10-13H2,1-2H3. The normalized spacial score (nSPS) is 16.0. The predicted molar refractivity (Wildman–Crippen MR) is 110 cm³/mol. The Balaban J connectivity index is 1.51. The van der Waals surface area contributed by atoms with Crippen LogP contribution >= 0.6 is 0 Å². The van der Waals surface area contributed by atoms with E-state index >= 15 is 0 Å². The van der Waals surface area contributed by atoms with Gasteiger partial charge in [-0.15, -0.1) is 0 Å². The maximum absolute atomic E-state index is 11.9. The largest absolute Gasteiger partial charge is 0.356 e. The van der Waals surface area contributed by atoms with Crippen molar-refractivity contribution >= 4 is 26.9 Å². The molecule has 8 heteroatoms. The zero-order valence-corrected chi connectivity index (χ0v) is 17.0. The van der Waals surface area contributed by atoms with Crippen LogP contribution in [0.5, 0.6) is 0 Å². The molecule has 0 aliphatic carbocycles. The van der Waals surface area contributed by atoms with Crippen LogP contribution in [0.3, 0.4) is 0 Å². The van der Waals surface area contributed by atoms with Crippen molar-refractivity contribution in [3.05, 3.63) is 48.4 Å². The number of pyridine rings is 1. The molecule has 0 spiro atoms. The molecule has 3 heterocycles. The SMILES string of the molecule is CCc1nc2ccccc2n1C1CCN(c2ccc(S(=O)(=O)NC)cn2)CC1. The van der Waals surface area contributed by atoms with Crippen molar-refractivity contribution in [2.45, 2.75) is 37.1 Å². The molecule has 0 radical (unpaired) electrons. The Morgan fingerprint density at radius 3 is 2.54 bits per heavy atom. The molecular formula is C20H25N5O2S. The maximum atomic E-state index is 11.9. The van der Waals surface area contributed by atoms with Gasteiger partial charge in [0.25, 0.3) is 0 Å². The van der Waals surface area contributed by atoms with Gasteiger partial charge in [-0.25, -0.2) is 23.1 Å². The van der Waals surface area contributed by atoms with Crippen molar-refractivity contribution < 1.29 is 8.42 Å². The summed E-state index contributed by atoms with van der Waals surface area (Å²) in [5.74, 6) is 1.96. The molecule has 28 heavy (non-hydrogen) atoms. The Morgan fingerprint density at radius 1 is 1.14 bits per heavy atom. The van der Waals surface area contributed by atoms with Gasteiger partial charge in [0.05, 0.1) is 11.0 Å². The minimum Gasteiger partial charge on any atom is -0.356 e. The number of nitrogens with one attached hydrogen (secondary N) is 1. The Kier molecular flexibility index (Phi) is 5.07. The molecule has 2 aromatic heterocycles. The summed E-state index contributed by atoms with van der Waals surface area (Å²) >= 11 is 0. The van der Waals surface area contributed by atoms with Gasteiger partial charge < -0.3 is 9.47 Å². The number of rotatable bonds is 5. The number of sulfonamides is 1. The summed E-state index contributed by atoms with van der Waals surface area (Å²) in [4.78, 5) is 11.6. The van der Waals surface area contributed by atoms with Gasteiger partial charge in [0.1, 0.15) is 16.5 Å². The van der Waals surface area contributed by atoms with E-state index in [1.807, 2.05) is 6.07 Å². The average molecular weight is 400 g/mol. The third-order valence-corrected chi connectivity index (χ3v) is 6.84. The van der Waals surface area contributed by atoms with Gasteiger partial charge in [-0.3, -0.25) is 0 Å². The van der Waals surface area contributed by atoms with Crippen LogP contribution < -0.4 is 9.62 Å². The van der Waals surface area contributed by atoms with Crippen LogP contribution in [-0.2, 0) is 16.4 Å². The molecule has 1 N–H and O–H groups in total. The van der Waals surface area contributed by atoms with E-state index in [1.165, 1.54) is 18.8 Å². The highest BCUT2D eigenvalue weighted by Gasteiger charge is 2.25. The van der Waals surface area contributed by atoms with Crippen LogP contribution in [0.2, 0.25) is 0 Å². The number of aryl methyl sites for hydroxylation is 1. The lowest BCUT2D eigenvalue weighted by Crippen LogP contribution is -2.35. The van der Waals surface area contributed by atoms with E-state index in [0.29, 0.717) is 6.04 Å². The second-order valence-corrected chi connectivity index (χ2v) is 8.90. The van der Waals surface area contributed by atoms with E-state index in [4.69, 9.17) is 4.98 Å². The van der Waals surface area contributed by atoms with Gasteiger partial charge in [-0.2, -0.15) is 0 Å². The fourth-order valence-electron chi connectivity index (χ4n) is 3.94. The van der Waals surface area contributed by atoms with E-state index in [0.717, 1.165) is 49.5 Å². The first-order valence-corrected chi connectivity index (χ1v) is 11.1. The molecule has 0 amide bonds. The molecule has 1 aliphatic heterocycles. The van der Waals surface area contributed by atoms with Crippen molar-refractivity contribution in [3.63, 3.8) is 0 Å². The summed E-state index contributed by atoms with van der Waals surface area (Å²) in [5, 5.41) is 0.